The van der Waals surface area contributed by atoms with Crippen molar-refractivity contribution in [2.75, 3.05) is 0 Å². The first kappa shape index (κ1) is 15.6. The molecular formula is C18H17N5O. The SMILES string of the molecule is Cc1nc([C@H](NC(=O)/C=C\c2cccnc2)c2ccccc2)n[nH]1. The van der Waals surface area contributed by atoms with Crippen LogP contribution in [-0.4, -0.2) is 26.1 Å². The normalized spacial score (nSPS) is 12.2. The van der Waals surface area contributed by atoms with Crippen LogP contribution in [0.2, 0.25) is 0 Å². The minimum atomic E-state index is -0.415. The van der Waals surface area contributed by atoms with E-state index >= 15 is 0 Å². The van der Waals surface area contributed by atoms with Gasteiger partial charge in [0, 0.05) is 18.5 Å². The zero-order valence-corrected chi connectivity index (χ0v) is 13.2. The molecule has 0 aliphatic rings. The minimum absolute atomic E-state index is 0.227. The lowest BCUT2D eigenvalue weighted by Crippen LogP contribution is -2.28. The summed E-state index contributed by atoms with van der Waals surface area (Å²) in [5.74, 6) is 1.00. The van der Waals surface area contributed by atoms with Crippen LogP contribution in [0.1, 0.15) is 28.8 Å². The summed E-state index contributed by atoms with van der Waals surface area (Å²) < 4.78 is 0. The summed E-state index contributed by atoms with van der Waals surface area (Å²) in [5, 5.41) is 9.93. The highest BCUT2D eigenvalue weighted by atomic mass is 16.1. The number of pyridine rings is 1. The van der Waals surface area contributed by atoms with Gasteiger partial charge in [0.1, 0.15) is 11.9 Å². The first-order valence-corrected chi connectivity index (χ1v) is 7.55. The average molecular weight is 319 g/mol. The van der Waals surface area contributed by atoms with Gasteiger partial charge in [0.25, 0.3) is 0 Å². The van der Waals surface area contributed by atoms with Crippen molar-refractivity contribution >= 4 is 12.0 Å². The molecule has 1 aromatic carbocycles. The van der Waals surface area contributed by atoms with Gasteiger partial charge < -0.3 is 5.32 Å². The predicted molar refractivity (Wildman–Crippen MR) is 90.8 cm³/mol. The highest BCUT2D eigenvalue weighted by molar-refractivity contribution is 5.92. The predicted octanol–water partition coefficient (Wildman–Crippen LogP) is 2.43. The number of hydrogen-bond acceptors (Lipinski definition) is 4. The Kier molecular flexibility index (Phi) is 4.76. The molecule has 2 N–H and O–H groups in total. The molecule has 0 aliphatic heterocycles. The van der Waals surface area contributed by atoms with E-state index in [1.54, 1.807) is 18.5 Å². The first-order valence-electron chi connectivity index (χ1n) is 7.55. The Balaban J connectivity index is 1.79. The van der Waals surface area contributed by atoms with E-state index in [0.29, 0.717) is 11.6 Å². The number of carbonyl (C=O) groups excluding carboxylic acids is 1. The molecule has 0 unspecified atom stereocenters. The van der Waals surface area contributed by atoms with Crippen molar-refractivity contribution in [2.45, 2.75) is 13.0 Å². The summed E-state index contributed by atoms with van der Waals surface area (Å²) in [4.78, 5) is 20.7. The Morgan fingerprint density at radius 2 is 2.04 bits per heavy atom. The Hall–Kier alpha value is -3.28. The fraction of sp³-hybridized carbons (Fsp3) is 0.111. The van der Waals surface area contributed by atoms with Gasteiger partial charge in [0.15, 0.2) is 5.82 Å². The standard InChI is InChI=1S/C18H17N5O/c1-13-20-18(23-22-13)17(15-7-3-2-4-8-15)21-16(24)10-9-14-6-5-11-19-12-14/h2-12,17H,1H3,(H,21,24)(H,20,22,23)/b10-9-/t17-/m1/s1. The van der Waals surface area contributed by atoms with Crippen molar-refractivity contribution in [1.82, 2.24) is 25.5 Å². The zero-order chi connectivity index (χ0) is 16.8. The smallest absolute Gasteiger partial charge is 0.244 e. The average Bonchev–Trinajstić information content (AvgIpc) is 3.05. The van der Waals surface area contributed by atoms with E-state index in [0.717, 1.165) is 11.1 Å². The summed E-state index contributed by atoms with van der Waals surface area (Å²) in [6, 6.07) is 12.9. The number of aryl methyl sites for hydroxylation is 1. The molecule has 6 heteroatoms. The lowest BCUT2D eigenvalue weighted by molar-refractivity contribution is -0.117. The number of nitrogens with one attached hydrogen (secondary N) is 2. The van der Waals surface area contributed by atoms with Crippen LogP contribution in [-0.2, 0) is 4.79 Å². The summed E-state index contributed by atoms with van der Waals surface area (Å²) in [7, 11) is 0. The fourth-order valence-corrected chi connectivity index (χ4v) is 2.27. The highest BCUT2D eigenvalue weighted by Gasteiger charge is 2.19. The molecule has 0 spiro atoms. The molecule has 0 bridgehead atoms. The Labute approximate surface area is 139 Å². The highest BCUT2D eigenvalue weighted by Crippen LogP contribution is 2.18. The Bertz CT molecular complexity index is 827. The van der Waals surface area contributed by atoms with Gasteiger partial charge in [-0.15, -0.1) is 0 Å². The van der Waals surface area contributed by atoms with E-state index < -0.39 is 6.04 Å². The first-order chi connectivity index (χ1) is 11.7. The zero-order valence-electron chi connectivity index (χ0n) is 13.2. The molecule has 1 amide bonds. The Morgan fingerprint density at radius 1 is 1.21 bits per heavy atom. The molecule has 0 saturated carbocycles. The van der Waals surface area contributed by atoms with Crippen molar-refractivity contribution < 1.29 is 4.79 Å². The van der Waals surface area contributed by atoms with E-state index in [9.17, 15) is 4.79 Å². The summed E-state index contributed by atoms with van der Waals surface area (Å²) in [5.41, 5.74) is 1.78. The summed E-state index contributed by atoms with van der Waals surface area (Å²) in [6.45, 7) is 1.82. The van der Waals surface area contributed by atoms with Gasteiger partial charge in [-0.05, 0) is 30.2 Å². The number of nitrogens with zero attached hydrogens (tertiary/aromatic N) is 3. The maximum atomic E-state index is 12.3. The molecule has 120 valence electrons. The molecule has 3 rings (SSSR count). The minimum Gasteiger partial charge on any atom is -0.338 e. The molecule has 3 aromatic rings. The van der Waals surface area contributed by atoms with E-state index in [1.165, 1.54) is 6.08 Å². The third-order valence-electron chi connectivity index (χ3n) is 3.40. The molecule has 0 fully saturated rings. The molecule has 1 atom stereocenters. The largest absolute Gasteiger partial charge is 0.338 e. The van der Waals surface area contributed by atoms with Crippen LogP contribution in [0.3, 0.4) is 0 Å². The Morgan fingerprint density at radius 3 is 2.71 bits per heavy atom. The van der Waals surface area contributed by atoms with Crippen LogP contribution >= 0.6 is 0 Å². The maximum Gasteiger partial charge on any atom is 0.244 e. The number of benzene rings is 1. The third kappa shape index (κ3) is 3.92. The van der Waals surface area contributed by atoms with Crippen molar-refractivity contribution in [1.29, 1.82) is 0 Å². The van der Waals surface area contributed by atoms with Crippen LogP contribution in [0.15, 0.2) is 60.9 Å². The second-order valence-corrected chi connectivity index (χ2v) is 5.25. The topological polar surface area (TPSA) is 83.6 Å². The van der Waals surface area contributed by atoms with Gasteiger partial charge in [-0.2, -0.15) is 5.10 Å². The number of aromatic nitrogens is 4. The van der Waals surface area contributed by atoms with Crippen molar-refractivity contribution in [3.63, 3.8) is 0 Å². The van der Waals surface area contributed by atoms with Crippen LogP contribution in [0, 0.1) is 6.92 Å². The van der Waals surface area contributed by atoms with Crippen molar-refractivity contribution in [3.8, 4) is 0 Å². The lowest BCUT2D eigenvalue weighted by Gasteiger charge is -2.15. The monoisotopic (exact) mass is 319 g/mol. The van der Waals surface area contributed by atoms with Crippen molar-refractivity contribution in [2.24, 2.45) is 0 Å². The molecule has 0 aliphatic carbocycles. The third-order valence-corrected chi connectivity index (χ3v) is 3.40. The number of amides is 1. The van der Waals surface area contributed by atoms with E-state index in [4.69, 9.17) is 0 Å². The van der Waals surface area contributed by atoms with Crippen LogP contribution in [0.25, 0.3) is 6.08 Å². The summed E-state index contributed by atoms with van der Waals surface area (Å²) in [6.07, 6.45) is 6.57. The van der Waals surface area contributed by atoms with Gasteiger partial charge in [-0.25, -0.2) is 4.98 Å². The van der Waals surface area contributed by atoms with Crippen LogP contribution in [0.5, 0.6) is 0 Å². The second-order valence-electron chi connectivity index (χ2n) is 5.25. The molecule has 2 aromatic heterocycles. The molecule has 0 radical (unpaired) electrons. The fourth-order valence-electron chi connectivity index (χ4n) is 2.27. The molecule has 24 heavy (non-hydrogen) atoms. The number of rotatable bonds is 5. The van der Waals surface area contributed by atoms with Gasteiger partial charge in [-0.3, -0.25) is 14.9 Å². The maximum absolute atomic E-state index is 12.3. The molecule has 2 heterocycles. The molecular weight excluding hydrogens is 302 g/mol. The van der Waals surface area contributed by atoms with Gasteiger partial charge in [0.05, 0.1) is 0 Å². The molecule has 6 nitrogen and oxygen atoms in total. The number of aromatic amines is 1. The molecule has 0 saturated heterocycles. The number of hydrogen-bond donors (Lipinski definition) is 2. The number of carbonyl (C=O) groups is 1. The van der Waals surface area contributed by atoms with Crippen LogP contribution in [0.4, 0.5) is 0 Å². The van der Waals surface area contributed by atoms with E-state index in [2.05, 4.69) is 25.5 Å². The van der Waals surface area contributed by atoms with Gasteiger partial charge in [-0.1, -0.05) is 36.4 Å². The van der Waals surface area contributed by atoms with E-state index in [-0.39, 0.29) is 5.91 Å². The van der Waals surface area contributed by atoms with Crippen molar-refractivity contribution in [3.05, 3.63) is 83.7 Å². The summed E-state index contributed by atoms with van der Waals surface area (Å²) >= 11 is 0. The quantitative estimate of drug-likeness (QED) is 0.708. The van der Waals surface area contributed by atoms with Crippen LogP contribution < -0.4 is 5.32 Å². The lowest BCUT2D eigenvalue weighted by atomic mass is 10.1. The van der Waals surface area contributed by atoms with Gasteiger partial charge in [0.2, 0.25) is 5.91 Å². The second kappa shape index (κ2) is 7.32. The number of H-pyrrole nitrogens is 1. The van der Waals surface area contributed by atoms with E-state index in [1.807, 2.05) is 49.4 Å². The van der Waals surface area contributed by atoms with Gasteiger partial charge >= 0.3 is 0 Å².